The zero-order chi connectivity index (χ0) is 35.7. The normalized spacial score (nSPS) is 12.5. The molecule has 0 saturated heterocycles. The Labute approximate surface area is 294 Å². The van der Waals surface area contributed by atoms with E-state index in [1.165, 1.54) is 0 Å². The van der Waals surface area contributed by atoms with E-state index in [1.807, 2.05) is 31.2 Å². The first-order valence-corrected chi connectivity index (χ1v) is 17.1. The molecular weight excluding hydrogens is 644 g/mol. The molecule has 0 fully saturated rings. The number of aromatic nitrogens is 4. The number of amides is 2. The van der Waals surface area contributed by atoms with Gasteiger partial charge < -0.3 is 31.7 Å². The van der Waals surface area contributed by atoms with Crippen molar-refractivity contribution in [2.75, 3.05) is 30.3 Å². The van der Waals surface area contributed by atoms with Crippen LogP contribution in [0.3, 0.4) is 0 Å². The highest BCUT2D eigenvalue weighted by Crippen LogP contribution is 2.28. The van der Waals surface area contributed by atoms with Gasteiger partial charge in [0, 0.05) is 51.7 Å². The number of hydrogen-bond donors (Lipinski definition) is 6. The van der Waals surface area contributed by atoms with Gasteiger partial charge in [-0.25, -0.2) is 0 Å². The third-order valence-corrected chi connectivity index (χ3v) is 8.68. The quantitative estimate of drug-likeness (QED) is 0.0972. The Morgan fingerprint density at radius 2 is 1.47 bits per heavy atom. The summed E-state index contributed by atoms with van der Waals surface area (Å²) in [4.78, 5) is 64.1. The number of H-pyrrole nitrogens is 2. The highest BCUT2D eigenvalue weighted by Gasteiger charge is 2.21. The Morgan fingerprint density at radius 1 is 0.843 bits per heavy atom. The average Bonchev–Trinajstić information content (AvgIpc) is 3.65. The van der Waals surface area contributed by atoms with E-state index in [1.54, 1.807) is 61.2 Å². The summed E-state index contributed by atoms with van der Waals surface area (Å²) < 4.78 is 0. The zero-order valence-electron chi connectivity index (χ0n) is 28.3. The minimum Gasteiger partial charge on any atom is -0.352 e. The van der Waals surface area contributed by atoms with Gasteiger partial charge in [0.2, 0.25) is 0 Å². The number of nitrogens with one attached hydrogen (secondary N) is 5. The van der Waals surface area contributed by atoms with E-state index in [9.17, 15) is 19.2 Å². The molecule has 1 aliphatic rings. The van der Waals surface area contributed by atoms with Crippen molar-refractivity contribution < 1.29 is 19.2 Å². The summed E-state index contributed by atoms with van der Waals surface area (Å²) in [5, 5.41) is 10.6. The van der Waals surface area contributed by atoms with Gasteiger partial charge in [-0.3, -0.25) is 29.1 Å². The van der Waals surface area contributed by atoms with Crippen LogP contribution >= 0.6 is 0 Å². The molecule has 6 aromatic rings. The molecule has 12 nitrogen and oxygen atoms in total. The lowest BCUT2D eigenvalue weighted by molar-refractivity contribution is 0.0972. The Kier molecular flexibility index (Phi) is 11.0. The van der Waals surface area contributed by atoms with E-state index in [2.05, 4.69) is 35.9 Å². The minimum atomic E-state index is -0.211. The van der Waals surface area contributed by atoms with E-state index in [4.69, 9.17) is 5.73 Å². The van der Waals surface area contributed by atoms with Crippen molar-refractivity contribution in [2.24, 2.45) is 5.73 Å². The van der Waals surface area contributed by atoms with Crippen molar-refractivity contribution in [3.05, 3.63) is 119 Å². The fourth-order valence-corrected chi connectivity index (χ4v) is 6.19. The largest absolute Gasteiger partial charge is 0.352 e. The number of pyridine rings is 2. The molecule has 7 N–H and O–H groups in total. The fourth-order valence-electron chi connectivity index (χ4n) is 6.19. The van der Waals surface area contributed by atoms with Crippen LogP contribution in [0, 0.1) is 0 Å². The van der Waals surface area contributed by atoms with Gasteiger partial charge in [-0.1, -0.05) is 6.92 Å². The molecular formula is C39H40N8O4. The Morgan fingerprint density at radius 3 is 2.06 bits per heavy atom. The highest BCUT2D eigenvalue weighted by molar-refractivity contribution is 6.10. The number of Topliss-reactive ketones (excluding diaryl/α,β-unsaturated/α-hetero) is 2. The van der Waals surface area contributed by atoms with Gasteiger partial charge in [-0.15, -0.1) is 0 Å². The summed E-state index contributed by atoms with van der Waals surface area (Å²) in [6, 6.07) is 18.0. The van der Waals surface area contributed by atoms with Gasteiger partial charge in [0.15, 0.2) is 11.6 Å². The van der Waals surface area contributed by atoms with Crippen LogP contribution in [0.1, 0.15) is 79.0 Å². The molecule has 12 heteroatoms. The van der Waals surface area contributed by atoms with E-state index < -0.39 is 0 Å². The summed E-state index contributed by atoms with van der Waals surface area (Å²) in [6.07, 6.45) is 10.0. The average molecular weight is 685 g/mol. The van der Waals surface area contributed by atoms with Crippen LogP contribution in [0.2, 0.25) is 0 Å². The van der Waals surface area contributed by atoms with Crippen molar-refractivity contribution in [1.82, 2.24) is 25.3 Å². The lowest BCUT2D eigenvalue weighted by atomic mass is 10.0. The van der Waals surface area contributed by atoms with Gasteiger partial charge in [-0.2, -0.15) is 0 Å². The number of benzene rings is 2. The van der Waals surface area contributed by atoms with Gasteiger partial charge in [0.1, 0.15) is 0 Å². The SMILES string of the molecule is CCCC(=O)c1[nH]c2ccc(C(=O)Nc3cccnc3)cc2c1CCCN.O=C(Nc1cccnc1)c1ccc2[nH]c3c(c2c1)CCNCC3=O. The topological polar surface area (TPSA) is 188 Å². The molecule has 2 aromatic carbocycles. The van der Waals surface area contributed by atoms with Gasteiger partial charge in [0.25, 0.3) is 11.8 Å². The van der Waals surface area contributed by atoms with Crippen LogP contribution in [-0.4, -0.2) is 63.0 Å². The number of aryl methyl sites for hydroxylation is 1. The third kappa shape index (κ3) is 8.09. The maximum absolute atomic E-state index is 12.6. The number of fused-ring (bicyclic) bond motifs is 4. The number of hydrogen-bond acceptors (Lipinski definition) is 8. The molecule has 7 rings (SSSR count). The summed E-state index contributed by atoms with van der Waals surface area (Å²) in [6.45, 7) is 3.63. The second kappa shape index (κ2) is 16.2. The molecule has 260 valence electrons. The Balaban J connectivity index is 0.000000177. The van der Waals surface area contributed by atoms with Crippen LogP contribution in [0.25, 0.3) is 21.8 Å². The molecule has 5 heterocycles. The molecule has 0 aliphatic carbocycles. The first kappa shape index (κ1) is 34.9. The molecule has 0 spiro atoms. The van der Waals surface area contributed by atoms with Crippen LogP contribution in [0.4, 0.5) is 11.4 Å². The Bertz CT molecular complexity index is 2190. The van der Waals surface area contributed by atoms with Crippen molar-refractivity contribution in [1.29, 1.82) is 0 Å². The lowest BCUT2D eigenvalue weighted by Crippen LogP contribution is -2.21. The van der Waals surface area contributed by atoms with Crippen LogP contribution in [-0.2, 0) is 12.8 Å². The number of ketones is 2. The predicted molar refractivity (Wildman–Crippen MR) is 198 cm³/mol. The van der Waals surface area contributed by atoms with Crippen molar-refractivity contribution in [3.8, 4) is 0 Å². The van der Waals surface area contributed by atoms with E-state index in [0.29, 0.717) is 59.8 Å². The summed E-state index contributed by atoms with van der Waals surface area (Å²) in [5.41, 5.74) is 13.0. The number of anilines is 2. The van der Waals surface area contributed by atoms with Gasteiger partial charge in [0.05, 0.1) is 41.7 Å². The fraction of sp³-hybridized carbons (Fsp3) is 0.231. The third-order valence-electron chi connectivity index (χ3n) is 8.68. The van der Waals surface area contributed by atoms with E-state index in [0.717, 1.165) is 58.7 Å². The number of carbonyl (C=O) groups is 4. The van der Waals surface area contributed by atoms with Crippen LogP contribution < -0.4 is 21.7 Å². The number of nitrogens with two attached hydrogens (primary N) is 1. The molecule has 1 aliphatic heterocycles. The minimum absolute atomic E-state index is 0.0556. The molecule has 4 aromatic heterocycles. The molecule has 2 amide bonds. The molecule has 0 bridgehead atoms. The van der Waals surface area contributed by atoms with Crippen LogP contribution in [0.5, 0.6) is 0 Å². The van der Waals surface area contributed by atoms with Gasteiger partial charge in [-0.05, 0) is 111 Å². The summed E-state index contributed by atoms with van der Waals surface area (Å²) in [7, 11) is 0. The molecule has 0 saturated carbocycles. The lowest BCUT2D eigenvalue weighted by Gasteiger charge is -2.06. The van der Waals surface area contributed by atoms with Gasteiger partial charge >= 0.3 is 0 Å². The van der Waals surface area contributed by atoms with Crippen molar-refractivity contribution in [3.63, 3.8) is 0 Å². The van der Waals surface area contributed by atoms with Crippen molar-refractivity contribution in [2.45, 2.75) is 39.0 Å². The number of carbonyl (C=O) groups excluding carboxylic acids is 4. The second-order valence-corrected chi connectivity index (χ2v) is 12.3. The monoisotopic (exact) mass is 684 g/mol. The summed E-state index contributed by atoms with van der Waals surface area (Å²) >= 11 is 0. The smallest absolute Gasteiger partial charge is 0.255 e. The second-order valence-electron chi connectivity index (χ2n) is 12.3. The van der Waals surface area contributed by atoms with Crippen LogP contribution in [0.15, 0.2) is 85.5 Å². The molecule has 0 unspecified atom stereocenters. The highest BCUT2D eigenvalue weighted by atomic mass is 16.2. The number of rotatable bonds is 10. The maximum atomic E-state index is 12.6. The molecule has 0 radical (unpaired) electrons. The zero-order valence-corrected chi connectivity index (χ0v) is 28.3. The Hall–Kier alpha value is -5.98. The number of aromatic amines is 2. The van der Waals surface area contributed by atoms with Crippen molar-refractivity contribution >= 4 is 56.6 Å². The number of nitrogens with zero attached hydrogens (tertiary/aromatic N) is 2. The molecule has 0 atom stereocenters. The molecule has 51 heavy (non-hydrogen) atoms. The van der Waals surface area contributed by atoms with E-state index >= 15 is 0 Å². The predicted octanol–water partition coefficient (Wildman–Crippen LogP) is 5.83. The van der Waals surface area contributed by atoms with E-state index in [-0.39, 0.29) is 23.4 Å². The first-order chi connectivity index (χ1) is 24.9. The standard InChI is InChI=1S/C21H24N4O2.C18H16N4O2/c1-2-5-19(26)20-16(7-3-10-22)17-12-14(8-9-18(17)25-20)21(27)24-15-6-4-11-23-13-15;23-16-10-20-7-5-13-14-8-11(3-4-15(14)22-17(13)16)18(24)21-12-2-1-6-19-9-12/h4,6,8-9,11-13,25H,2-3,5,7,10,22H2,1H3,(H,24,27);1-4,6,8-9,20,22H,5,7,10H2,(H,21,24). The first-order valence-electron chi connectivity index (χ1n) is 17.1. The summed E-state index contributed by atoms with van der Waals surface area (Å²) in [5.74, 6) is -0.252. The maximum Gasteiger partial charge on any atom is 0.255 e.